The lowest BCUT2D eigenvalue weighted by Crippen LogP contribution is -2.51. The number of hydrogen-bond donors (Lipinski definition) is 1. The molecule has 1 N–H and O–H groups in total. The van der Waals surface area contributed by atoms with Gasteiger partial charge in [-0.2, -0.15) is 0 Å². The third-order valence-corrected chi connectivity index (χ3v) is 3.79. The van der Waals surface area contributed by atoms with Crippen molar-refractivity contribution in [3.8, 4) is 0 Å². The molecule has 2 atom stereocenters. The number of unbranched alkanes of at least 4 members (excludes halogenated alkanes) is 2. The van der Waals surface area contributed by atoms with Gasteiger partial charge in [0.05, 0.1) is 0 Å². The summed E-state index contributed by atoms with van der Waals surface area (Å²) >= 11 is 0. The average Bonchev–Trinajstić information content (AvgIpc) is 2.26. The Morgan fingerprint density at radius 3 is 2.50 bits per heavy atom. The van der Waals surface area contributed by atoms with Gasteiger partial charge in [-0.15, -0.1) is 0 Å². The number of nitrogens with one attached hydrogen (secondary N) is 1. The van der Waals surface area contributed by atoms with Crippen LogP contribution in [0.25, 0.3) is 0 Å². The predicted octanol–water partition coefficient (Wildman–Crippen LogP) is 3.03. The molecule has 96 valence electrons. The van der Waals surface area contributed by atoms with Crippen LogP contribution >= 0.6 is 0 Å². The zero-order chi connectivity index (χ0) is 12.0. The van der Waals surface area contributed by atoms with Crippen LogP contribution in [-0.2, 0) is 0 Å². The summed E-state index contributed by atoms with van der Waals surface area (Å²) in [5.74, 6) is 0. The van der Waals surface area contributed by atoms with Gasteiger partial charge in [-0.1, -0.05) is 19.8 Å². The van der Waals surface area contributed by atoms with Gasteiger partial charge in [0, 0.05) is 24.7 Å². The molecule has 1 fully saturated rings. The minimum atomic E-state index is 0.692. The van der Waals surface area contributed by atoms with Crippen molar-refractivity contribution in [2.75, 3.05) is 13.1 Å². The third kappa shape index (κ3) is 4.42. The predicted molar refractivity (Wildman–Crippen MR) is 71.9 cm³/mol. The Labute approximate surface area is 102 Å². The first-order chi connectivity index (χ1) is 7.65. The van der Waals surface area contributed by atoms with Crippen molar-refractivity contribution in [2.24, 2.45) is 0 Å². The molecule has 0 aromatic carbocycles. The lowest BCUT2D eigenvalue weighted by atomic mass is 9.99. The van der Waals surface area contributed by atoms with Crippen molar-refractivity contribution in [1.82, 2.24) is 10.2 Å². The van der Waals surface area contributed by atoms with Crippen molar-refractivity contribution in [2.45, 2.75) is 77.9 Å². The molecular formula is C14H30N2. The zero-order valence-corrected chi connectivity index (χ0v) is 11.6. The van der Waals surface area contributed by atoms with Gasteiger partial charge in [0.15, 0.2) is 0 Å². The van der Waals surface area contributed by atoms with Crippen LogP contribution in [0.5, 0.6) is 0 Å². The van der Waals surface area contributed by atoms with Crippen molar-refractivity contribution in [3.05, 3.63) is 0 Å². The van der Waals surface area contributed by atoms with E-state index in [1.165, 1.54) is 45.2 Å². The second kappa shape index (κ2) is 7.29. The van der Waals surface area contributed by atoms with E-state index in [-0.39, 0.29) is 0 Å². The fraction of sp³-hybridized carbons (Fsp3) is 1.00. The van der Waals surface area contributed by atoms with E-state index in [0.717, 1.165) is 12.1 Å². The maximum atomic E-state index is 3.62. The first-order valence-electron chi connectivity index (χ1n) is 7.14. The van der Waals surface area contributed by atoms with Gasteiger partial charge >= 0.3 is 0 Å². The molecule has 1 rings (SSSR count). The SMILES string of the molecule is CCCCCN(C(C)C)C1CCC(C)NC1. The van der Waals surface area contributed by atoms with E-state index < -0.39 is 0 Å². The molecule has 1 saturated heterocycles. The maximum absolute atomic E-state index is 3.62. The van der Waals surface area contributed by atoms with Crippen molar-refractivity contribution >= 4 is 0 Å². The molecule has 0 bridgehead atoms. The number of hydrogen-bond acceptors (Lipinski definition) is 2. The summed E-state index contributed by atoms with van der Waals surface area (Å²) in [4.78, 5) is 2.70. The highest BCUT2D eigenvalue weighted by atomic mass is 15.2. The van der Waals surface area contributed by atoms with Crippen LogP contribution in [0.2, 0.25) is 0 Å². The molecule has 2 heteroatoms. The van der Waals surface area contributed by atoms with Gasteiger partial charge in [0.1, 0.15) is 0 Å². The van der Waals surface area contributed by atoms with Crippen LogP contribution in [0, 0.1) is 0 Å². The third-order valence-electron chi connectivity index (χ3n) is 3.79. The molecule has 1 aliphatic heterocycles. The summed E-state index contributed by atoms with van der Waals surface area (Å²) < 4.78 is 0. The molecule has 2 nitrogen and oxygen atoms in total. The molecule has 2 unspecified atom stereocenters. The highest BCUT2D eigenvalue weighted by molar-refractivity contribution is 4.83. The van der Waals surface area contributed by atoms with E-state index in [1.54, 1.807) is 0 Å². The van der Waals surface area contributed by atoms with Gasteiger partial charge in [0.2, 0.25) is 0 Å². The van der Waals surface area contributed by atoms with E-state index in [1.807, 2.05) is 0 Å². The normalized spacial score (nSPS) is 26.6. The van der Waals surface area contributed by atoms with Crippen molar-refractivity contribution in [1.29, 1.82) is 0 Å². The highest BCUT2D eigenvalue weighted by Gasteiger charge is 2.24. The smallest absolute Gasteiger partial charge is 0.0224 e. The zero-order valence-electron chi connectivity index (χ0n) is 11.6. The Morgan fingerprint density at radius 1 is 1.25 bits per heavy atom. The maximum Gasteiger partial charge on any atom is 0.0224 e. The van der Waals surface area contributed by atoms with E-state index in [9.17, 15) is 0 Å². The minimum Gasteiger partial charge on any atom is -0.313 e. The second-order valence-electron chi connectivity index (χ2n) is 5.58. The molecule has 16 heavy (non-hydrogen) atoms. The topological polar surface area (TPSA) is 15.3 Å². The van der Waals surface area contributed by atoms with Crippen LogP contribution < -0.4 is 5.32 Å². The summed E-state index contributed by atoms with van der Waals surface area (Å²) in [7, 11) is 0. The number of rotatable bonds is 6. The highest BCUT2D eigenvalue weighted by Crippen LogP contribution is 2.17. The van der Waals surface area contributed by atoms with Gasteiger partial charge < -0.3 is 5.32 Å². The summed E-state index contributed by atoms with van der Waals surface area (Å²) in [6.07, 6.45) is 6.77. The summed E-state index contributed by atoms with van der Waals surface area (Å²) in [5, 5.41) is 3.62. The lowest BCUT2D eigenvalue weighted by Gasteiger charge is -2.39. The van der Waals surface area contributed by atoms with E-state index in [2.05, 4.69) is 37.9 Å². The fourth-order valence-electron chi connectivity index (χ4n) is 2.67. The molecule has 0 radical (unpaired) electrons. The lowest BCUT2D eigenvalue weighted by molar-refractivity contribution is 0.118. The Morgan fingerprint density at radius 2 is 2.00 bits per heavy atom. The number of piperidine rings is 1. The molecule has 0 aromatic heterocycles. The quantitative estimate of drug-likeness (QED) is 0.700. The first kappa shape index (κ1) is 14.0. The van der Waals surface area contributed by atoms with Crippen LogP contribution in [0.1, 0.15) is 59.8 Å². The molecule has 1 aliphatic rings. The summed E-state index contributed by atoms with van der Waals surface area (Å²) in [6.45, 7) is 11.7. The first-order valence-corrected chi connectivity index (χ1v) is 7.14. The molecule has 0 aromatic rings. The van der Waals surface area contributed by atoms with Crippen LogP contribution in [0.4, 0.5) is 0 Å². The molecular weight excluding hydrogens is 196 g/mol. The summed E-state index contributed by atoms with van der Waals surface area (Å²) in [6, 6.07) is 2.19. The van der Waals surface area contributed by atoms with Gasteiger partial charge in [-0.3, -0.25) is 4.90 Å². The number of nitrogens with zero attached hydrogens (tertiary/aromatic N) is 1. The van der Waals surface area contributed by atoms with Crippen molar-refractivity contribution < 1.29 is 0 Å². The molecule has 0 saturated carbocycles. The van der Waals surface area contributed by atoms with Crippen LogP contribution in [0.15, 0.2) is 0 Å². The summed E-state index contributed by atoms with van der Waals surface area (Å²) in [5.41, 5.74) is 0. The minimum absolute atomic E-state index is 0.692. The fourth-order valence-corrected chi connectivity index (χ4v) is 2.67. The largest absolute Gasteiger partial charge is 0.313 e. The van der Waals surface area contributed by atoms with Crippen molar-refractivity contribution in [3.63, 3.8) is 0 Å². The average molecular weight is 226 g/mol. The van der Waals surface area contributed by atoms with E-state index in [0.29, 0.717) is 6.04 Å². The van der Waals surface area contributed by atoms with Gasteiger partial charge in [-0.05, 0) is 46.6 Å². The Balaban J connectivity index is 2.37. The molecule has 0 aliphatic carbocycles. The van der Waals surface area contributed by atoms with Crippen LogP contribution in [0.3, 0.4) is 0 Å². The Hall–Kier alpha value is -0.0800. The second-order valence-corrected chi connectivity index (χ2v) is 5.58. The van der Waals surface area contributed by atoms with Gasteiger partial charge in [0.25, 0.3) is 0 Å². The van der Waals surface area contributed by atoms with E-state index in [4.69, 9.17) is 0 Å². The Bertz CT molecular complexity index is 172. The van der Waals surface area contributed by atoms with Gasteiger partial charge in [-0.25, -0.2) is 0 Å². The monoisotopic (exact) mass is 226 g/mol. The molecule has 0 amide bonds. The van der Waals surface area contributed by atoms with Crippen LogP contribution in [-0.4, -0.2) is 36.1 Å². The standard InChI is InChI=1S/C14H30N2/c1-5-6-7-10-16(12(2)3)14-9-8-13(4)15-11-14/h12-15H,5-11H2,1-4H3. The van der Waals surface area contributed by atoms with E-state index >= 15 is 0 Å². The molecule has 0 spiro atoms. The molecule has 1 heterocycles. The Kier molecular flexibility index (Phi) is 6.37.